The van der Waals surface area contributed by atoms with Crippen molar-refractivity contribution in [1.82, 2.24) is 10.2 Å². The lowest BCUT2D eigenvalue weighted by Gasteiger charge is -2.33. The van der Waals surface area contributed by atoms with Crippen molar-refractivity contribution in [2.75, 3.05) is 20.1 Å². The largest absolute Gasteiger partial charge is 0.445 e. The van der Waals surface area contributed by atoms with Gasteiger partial charge in [-0.1, -0.05) is 30.3 Å². The van der Waals surface area contributed by atoms with Crippen LogP contribution >= 0.6 is 0 Å². The summed E-state index contributed by atoms with van der Waals surface area (Å²) in [5.74, 6) is 0. The molecular weight excluding hydrogens is 247 g/mol. The van der Waals surface area contributed by atoms with Crippen LogP contribution in [0.1, 0.15) is 12.0 Å². The van der Waals surface area contributed by atoms with E-state index in [1.165, 1.54) is 4.90 Å². The second kappa shape index (κ2) is 6.52. The average molecular weight is 266 g/mol. The molecule has 0 saturated carbocycles. The van der Waals surface area contributed by atoms with Crippen molar-refractivity contribution in [2.24, 2.45) is 0 Å². The zero-order valence-corrected chi connectivity index (χ0v) is 11.0. The van der Waals surface area contributed by atoms with Crippen molar-refractivity contribution in [2.45, 2.75) is 25.2 Å². The molecule has 5 heteroatoms. The maximum Gasteiger partial charge on any atom is 0.410 e. The molecule has 2 rings (SSSR count). The van der Waals surface area contributed by atoms with Crippen LogP contribution in [0.2, 0.25) is 0 Å². The molecule has 1 aromatic carbocycles. The van der Waals surface area contributed by atoms with Gasteiger partial charge in [0.2, 0.25) is 0 Å². The highest BCUT2D eigenvalue weighted by molar-refractivity contribution is 5.67. The van der Waals surface area contributed by atoms with E-state index in [2.05, 4.69) is 5.32 Å². The fourth-order valence-corrected chi connectivity index (χ4v) is 2.20. The maximum absolute atomic E-state index is 13.7. The molecule has 0 spiro atoms. The molecule has 1 aliphatic heterocycles. The number of carbonyl (C=O) groups is 1. The summed E-state index contributed by atoms with van der Waals surface area (Å²) in [6.45, 7) is 1.23. The number of benzene rings is 1. The van der Waals surface area contributed by atoms with Crippen molar-refractivity contribution in [3.8, 4) is 0 Å². The Kier molecular flexibility index (Phi) is 4.74. The molecule has 104 valence electrons. The van der Waals surface area contributed by atoms with Crippen molar-refractivity contribution in [3.05, 3.63) is 35.9 Å². The highest BCUT2D eigenvalue weighted by Crippen LogP contribution is 2.15. The molecule has 1 saturated heterocycles. The molecule has 0 radical (unpaired) electrons. The zero-order valence-electron chi connectivity index (χ0n) is 11.0. The predicted octanol–water partition coefficient (Wildman–Crippen LogP) is 1.96. The number of nitrogens with one attached hydrogen (secondary N) is 1. The van der Waals surface area contributed by atoms with E-state index < -0.39 is 18.3 Å². The van der Waals surface area contributed by atoms with E-state index in [0.717, 1.165) is 12.1 Å². The normalized spacial score (nSPS) is 22.8. The first-order valence-electron chi connectivity index (χ1n) is 6.47. The molecular formula is C14H19FN2O2. The second-order valence-electron chi connectivity index (χ2n) is 4.73. The van der Waals surface area contributed by atoms with Gasteiger partial charge in [-0.05, 0) is 18.5 Å². The van der Waals surface area contributed by atoms with Gasteiger partial charge in [-0.15, -0.1) is 0 Å². The lowest BCUT2D eigenvalue weighted by Crippen LogP contribution is -2.51. The smallest absolute Gasteiger partial charge is 0.410 e. The molecule has 19 heavy (non-hydrogen) atoms. The van der Waals surface area contributed by atoms with E-state index in [0.29, 0.717) is 13.0 Å². The quantitative estimate of drug-likeness (QED) is 0.909. The van der Waals surface area contributed by atoms with Crippen molar-refractivity contribution < 1.29 is 13.9 Å². The molecule has 0 unspecified atom stereocenters. The molecule has 1 amide bonds. The summed E-state index contributed by atoms with van der Waals surface area (Å²) < 4.78 is 18.9. The number of nitrogens with zero attached hydrogens (tertiary/aromatic N) is 1. The first-order valence-corrected chi connectivity index (χ1v) is 6.47. The van der Waals surface area contributed by atoms with Gasteiger partial charge in [0.25, 0.3) is 0 Å². The molecule has 1 N–H and O–H groups in total. The van der Waals surface area contributed by atoms with Gasteiger partial charge in [-0.2, -0.15) is 0 Å². The average Bonchev–Trinajstić information content (AvgIpc) is 2.45. The minimum atomic E-state index is -1.04. The van der Waals surface area contributed by atoms with Crippen LogP contribution in [0.25, 0.3) is 0 Å². The summed E-state index contributed by atoms with van der Waals surface area (Å²) in [4.78, 5) is 13.2. The van der Waals surface area contributed by atoms with Crippen LogP contribution < -0.4 is 5.32 Å². The Bertz CT molecular complexity index is 413. The van der Waals surface area contributed by atoms with E-state index >= 15 is 0 Å². The number of hydrogen-bond acceptors (Lipinski definition) is 3. The highest BCUT2D eigenvalue weighted by Gasteiger charge is 2.31. The minimum Gasteiger partial charge on any atom is -0.445 e. The fourth-order valence-electron chi connectivity index (χ4n) is 2.20. The van der Waals surface area contributed by atoms with Gasteiger partial charge in [-0.3, -0.25) is 0 Å². The number of ether oxygens (including phenoxy) is 1. The third-order valence-electron chi connectivity index (χ3n) is 3.36. The molecule has 1 fully saturated rings. The fraction of sp³-hybridized carbons (Fsp3) is 0.500. The molecule has 1 aromatic rings. The number of hydrogen-bond donors (Lipinski definition) is 1. The van der Waals surface area contributed by atoms with Gasteiger partial charge in [-0.25, -0.2) is 9.18 Å². The van der Waals surface area contributed by atoms with E-state index in [1.54, 1.807) is 7.05 Å². The Labute approximate surface area is 112 Å². The number of alkyl halides is 1. The highest BCUT2D eigenvalue weighted by atomic mass is 19.1. The van der Waals surface area contributed by atoms with Gasteiger partial charge >= 0.3 is 6.09 Å². The zero-order chi connectivity index (χ0) is 13.7. The van der Waals surface area contributed by atoms with Gasteiger partial charge < -0.3 is 15.0 Å². The minimum absolute atomic E-state index is 0.214. The summed E-state index contributed by atoms with van der Waals surface area (Å²) in [6, 6.07) is 9.05. The van der Waals surface area contributed by atoms with Crippen LogP contribution in [0.4, 0.5) is 9.18 Å². The summed E-state index contributed by atoms with van der Waals surface area (Å²) in [7, 11) is 1.59. The standard InChI is InChI=1S/C14H19FN2O2/c1-17(13-7-8-16-9-12(13)15)14(18)19-10-11-5-3-2-4-6-11/h2-6,12-13,16H,7-10H2,1H3/t12-,13-/m0/s1. The Morgan fingerprint density at radius 1 is 1.47 bits per heavy atom. The summed E-state index contributed by atoms with van der Waals surface area (Å²) in [5.41, 5.74) is 0.923. The Hall–Kier alpha value is -1.62. The van der Waals surface area contributed by atoms with Crippen LogP contribution in [0.15, 0.2) is 30.3 Å². The van der Waals surface area contributed by atoms with Crippen molar-refractivity contribution in [1.29, 1.82) is 0 Å². The topological polar surface area (TPSA) is 41.6 Å². The van der Waals surface area contributed by atoms with Crippen LogP contribution in [-0.2, 0) is 11.3 Å². The summed E-state index contributed by atoms with van der Waals surface area (Å²) in [6.07, 6.45) is -0.903. The lowest BCUT2D eigenvalue weighted by molar-refractivity contribution is 0.0607. The van der Waals surface area contributed by atoms with Gasteiger partial charge in [0, 0.05) is 13.6 Å². The first kappa shape index (κ1) is 13.8. The van der Waals surface area contributed by atoms with E-state index in [4.69, 9.17) is 4.74 Å². The van der Waals surface area contributed by atoms with Crippen LogP contribution in [-0.4, -0.2) is 43.3 Å². The molecule has 0 aliphatic carbocycles. The van der Waals surface area contributed by atoms with Gasteiger partial charge in [0.1, 0.15) is 12.8 Å². The molecule has 0 bridgehead atoms. The maximum atomic E-state index is 13.7. The Morgan fingerprint density at radius 3 is 2.89 bits per heavy atom. The summed E-state index contributed by atoms with van der Waals surface area (Å²) in [5, 5.41) is 2.96. The third-order valence-corrected chi connectivity index (χ3v) is 3.36. The van der Waals surface area contributed by atoms with Gasteiger partial charge in [0.05, 0.1) is 6.04 Å². The van der Waals surface area contributed by atoms with Crippen molar-refractivity contribution >= 4 is 6.09 Å². The number of amides is 1. The van der Waals surface area contributed by atoms with E-state index in [9.17, 15) is 9.18 Å². The SMILES string of the molecule is CN(C(=O)OCc1ccccc1)[C@H]1CCNC[C@@H]1F. The van der Waals surface area contributed by atoms with E-state index in [-0.39, 0.29) is 6.61 Å². The first-order chi connectivity index (χ1) is 9.18. The monoisotopic (exact) mass is 266 g/mol. The number of rotatable bonds is 3. The van der Waals surface area contributed by atoms with Crippen molar-refractivity contribution in [3.63, 3.8) is 0 Å². The summed E-state index contributed by atoms with van der Waals surface area (Å²) >= 11 is 0. The predicted molar refractivity (Wildman–Crippen MR) is 70.6 cm³/mol. The van der Waals surface area contributed by atoms with Crippen LogP contribution in [0.3, 0.4) is 0 Å². The molecule has 1 heterocycles. The Morgan fingerprint density at radius 2 is 2.21 bits per heavy atom. The Balaban J connectivity index is 1.85. The van der Waals surface area contributed by atoms with E-state index in [1.807, 2.05) is 30.3 Å². The second-order valence-corrected chi connectivity index (χ2v) is 4.73. The molecule has 4 nitrogen and oxygen atoms in total. The number of piperidine rings is 1. The lowest BCUT2D eigenvalue weighted by atomic mass is 10.0. The number of carbonyl (C=O) groups excluding carboxylic acids is 1. The number of halogens is 1. The molecule has 0 aromatic heterocycles. The third kappa shape index (κ3) is 3.67. The molecule has 1 aliphatic rings. The van der Waals surface area contributed by atoms with Gasteiger partial charge in [0.15, 0.2) is 0 Å². The molecule has 2 atom stereocenters. The van der Waals surface area contributed by atoms with Crippen LogP contribution in [0, 0.1) is 0 Å². The van der Waals surface area contributed by atoms with Crippen LogP contribution in [0.5, 0.6) is 0 Å².